The fourth-order valence-corrected chi connectivity index (χ4v) is 2.22. The van der Waals surface area contributed by atoms with E-state index in [0.29, 0.717) is 36.3 Å². The largest absolute Gasteiger partial charge is 0.506 e. The molecule has 2 aromatic rings. The standard InChI is InChI=1S/C16H19N3O3/c1-2-22-15-6-4-3-5-13(15)19-16(21)9-14(20)12(18-19)10-17-11-7-8-11/h3-6,9,11,17,20H,2,7-8,10H2,1H3. The molecule has 0 spiro atoms. The summed E-state index contributed by atoms with van der Waals surface area (Å²) in [6.07, 6.45) is 2.29. The van der Waals surface area contributed by atoms with Gasteiger partial charge in [0.05, 0.1) is 6.61 Å². The average Bonchev–Trinajstić information content (AvgIpc) is 3.32. The summed E-state index contributed by atoms with van der Waals surface area (Å²) in [5.41, 5.74) is 0.639. The molecule has 1 aromatic heterocycles. The number of nitrogens with one attached hydrogen (secondary N) is 1. The van der Waals surface area contributed by atoms with E-state index in [1.165, 1.54) is 10.7 Å². The van der Waals surface area contributed by atoms with E-state index in [4.69, 9.17) is 4.74 Å². The van der Waals surface area contributed by atoms with Crippen LogP contribution in [0.1, 0.15) is 25.5 Å². The number of aromatic nitrogens is 2. The normalized spacial score (nSPS) is 14.0. The first-order chi connectivity index (χ1) is 10.7. The van der Waals surface area contributed by atoms with Gasteiger partial charge in [0, 0.05) is 18.7 Å². The molecule has 0 bridgehead atoms. The van der Waals surface area contributed by atoms with Crippen LogP contribution in [0, 0.1) is 0 Å². The molecule has 1 heterocycles. The summed E-state index contributed by atoms with van der Waals surface area (Å²) in [5, 5.41) is 17.5. The van der Waals surface area contributed by atoms with E-state index in [-0.39, 0.29) is 11.3 Å². The van der Waals surface area contributed by atoms with Crippen molar-refractivity contribution in [2.75, 3.05) is 6.61 Å². The molecule has 0 unspecified atom stereocenters. The Morgan fingerprint density at radius 3 is 2.91 bits per heavy atom. The molecule has 116 valence electrons. The van der Waals surface area contributed by atoms with Crippen molar-refractivity contribution in [1.82, 2.24) is 15.1 Å². The van der Waals surface area contributed by atoms with Crippen LogP contribution in [-0.2, 0) is 6.54 Å². The van der Waals surface area contributed by atoms with Gasteiger partial charge >= 0.3 is 0 Å². The predicted octanol–water partition coefficient (Wildman–Crippen LogP) is 1.59. The molecule has 0 radical (unpaired) electrons. The molecule has 1 aliphatic carbocycles. The lowest BCUT2D eigenvalue weighted by Crippen LogP contribution is -2.25. The van der Waals surface area contributed by atoms with Crippen molar-refractivity contribution in [3.8, 4) is 17.2 Å². The van der Waals surface area contributed by atoms with Gasteiger partial charge in [0.25, 0.3) is 5.56 Å². The van der Waals surface area contributed by atoms with Crippen LogP contribution < -0.4 is 15.6 Å². The Kier molecular flexibility index (Phi) is 4.11. The Bertz CT molecular complexity index is 723. The van der Waals surface area contributed by atoms with Crippen LogP contribution >= 0.6 is 0 Å². The van der Waals surface area contributed by atoms with Crippen LogP contribution in [-0.4, -0.2) is 27.5 Å². The van der Waals surface area contributed by atoms with Crippen LogP contribution in [0.3, 0.4) is 0 Å². The van der Waals surface area contributed by atoms with Gasteiger partial charge in [0.2, 0.25) is 0 Å². The molecule has 6 heteroatoms. The van der Waals surface area contributed by atoms with Crippen molar-refractivity contribution in [1.29, 1.82) is 0 Å². The maximum atomic E-state index is 12.2. The second-order valence-electron chi connectivity index (χ2n) is 5.28. The minimum Gasteiger partial charge on any atom is -0.506 e. The molecule has 2 N–H and O–H groups in total. The lowest BCUT2D eigenvalue weighted by atomic mass is 10.3. The fraction of sp³-hybridized carbons (Fsp3) is 0.375. The number of hydrogen-bond donors (Lipinski definition) is 2. The number of aromatic hydroxyl groups is 1. The molecule has 6 nitrogen and oxygen atoms in total. The first kappa shape index (κ1) is 14.6. The van der Waals surface area contributed by atoms with Crippen molar-refractivity contribution in [2.24, 2.45) is 0 Å². The molecule has 0 saturated heterocycles. The van der Waals surface area contributed by atoms with E-state index >= 15 is 0 Å². The van der Waals surface area contributed by atoms with E-state index in [1.54, 1.807) is 12.1 Å². The Morgan fingerprint density at radius 1 is 1.41 bits per heavy atom. The summed E-state index contributed by atoms with van der Waals surface area (Å²) in [7, 11) is 0. The molecular weight excluding hydrogens is 282 g/mol. The molecule has 1 aromatic carbocycles. The minimum atomic E-state index is -0.389. The summed E-state index contributed by atoms with van der Waals surface area (Å²) in [5.74, 6) is 0.509. The van der Waals surface area contributed by atoms with E-state index < -0.39 is 0 Å². The third-order valence-electron chi connectivity index (χ3n) is 3.51. The van der Waals surface area contributed by atoms with E-state index in [1.807, 2.05) is 19.1 Å². The van der Waals surface area contributed by atoms with Crippen LogP contribution in [0.2, 0.25) is 0 Å². The summed E-state index contributed by atoms with van der Waals surface area (Å²) < 4.78 is 6.82. The number of para-hydroxylation sites is 2. The zero-order valence-electron chi connectivity index (χ0n) is 12.5. The number of hydrogen-bond acceptors (Lipinski definition) is 5. The zero-order chi connectivity index (χ0) is 15.5. The number of rotatable bonds is 6. The third kappa shape index (κ3) is 3.12. The van der Waals surface area contributed by atoms with Crippen molar-refractivity contribution in [2.45, 2.75) is 32.4 Å². The Labute approximate surface area is 128 Å². The second-order valence-corrected chi connectivity index (χ2v) is 5.28. The molecule has 1 aliphatic rings. The van der Waals surface area contributed by atoms with Gasteiger partial charge in [-0.2, -0.15) is 9.78 Å². The van der Waals surface area contributed by atoms with E-state index in [2.05, 4.69) is 10.4 Å². The van der Waals surface area contributed by atoms with E-state index in [9.17, 15) is 9.90 Å². The highest BCUT2D eigenvalue weighted by Gasteiger charge is 2.21. The zero-order valence-corrected chi connectivity index (χ0v) is 12.5. The van der Waals surface area contributed by atoms with Gasteiger partial charge in [-0.25, -0.2) is 0 Å². The summed E-state index contributed by atoms with van der Waals surface area (Å²) >= 11 is 0. The molecule has 3 rings (SSSR count). The highest BCUT2D eigenvalue weighted by molar-refractivity contribution is 5.46. The Morgan fingerprint density at radius 2 is 2.18 bits per heavy atom. The summed E-state index contributed by atoms with van der Waals surface area (Å²) in [4.78, 5) is 12.2. The van der Waals surface area contributed by atoms with Crippen molar-refractivity contribution < 1.29 is 9.84 Å². The monoisotopic (exact) mass is 301 g/mol. The number of benzene rings is 1. The highest BCUT2D eigenvalue weighted by Crippen LogP contribution is 2.23. The van der Waals surface area contributed by atoms with Crippen LogP contribution in [0.5, 0.6) is 11.5 Å². The van der Waals surface area contributed by atoms with Crippen LogP contribution in [0.4, 0.5) is 0 Å². The Hall–Kier alpha value is -2.34. The third-order valence-corrected chi connectivity index (χ3v) is 3.51. The molecule has 1 fully saturated rings. The maximum Gasteiger partial charge on any atom is 0.275 e. The lowest BCUT2D eigenvalue weighted by molar-refractivity contribution is 0.337. The topological polar surface area (TPSA) is 76.4 Å². The molecule has 0 amide bonds. The highest BCUT2D eigenvalue weighted by atomic mass is 16.5. The molecule has 1 saturated carbocycles. The Balaban J connectivity index is 1.98. The maximum absolute atomic E-state index is 12.2. The van der Waals surface area contributed by atoms with Gasteiger partial charge in [-0.3, -0.25) is 4.79 Å². The predicted molar refractivity (Wildman–Crippen MR) is 82.5 cm³/mol. The molecule has 22 heavy (non-hydrogen) atoms. The van der Waals surface area contributed by atoms with Gasteiger partial charge in [-0.15, -0.1) is 0 Å². The number of ether oxygens (including phenoxy) is 1. The van der Waals surface area contributed by atoms with Gasteiger partial charge in [0.1, 0.15) is 22.9 Å². The molecule has 0 atom stereocenters. The summed E-state index contributed by atoms with van der Waals surface area (Å²) in [6, 6.07) is 8.92. The van der Waals surface area contributed by atoms with Gasteiger partial charge < -0.3 is 15.2 Å². The average molecular weight is 301 g/mol. The lowest BCUT2D eigenvalue weighted by Gasteiger charge is -2.13. The van der Waals surface area contributed by atoms with Gasteiger partial charge in [-0.1, -0.05) is 12.1 Å². The first-order valence-corrected chi connectivity index (χ1v) is 7.47. The van der Waals surface area contributed by atoms with Crippen LogP contribution in [0.25, 0.3) is 5.69 Å². The van der Waals surface area contributed by atoms with Crippen molar-refractivity contribution >= 4 is 0 Å². The second kappa shape index (κ2) is 6.19. The van der Waals surface area contributed by atoms with Gasteiger partial charge in [-0.05, 0) is 31.9 Å². The quantitative estimate of drug-likeness (QED) is 0.847. The fourth-order valence-electron chi connectivity index (χ4n) is 2.22. The van der Waals surface area contributed by atoms with Gasteiger partial charge in [0.15, 0.2) is 0 Å². The minimum absolute atomic E-state index is 0.0803. The SMILES string of the molecule is CCOc1ccccc1-n1nc(CNC2CC2)c(O)cc1=O. The smallest absolute Gasteiger partial charge is 0.275 e. The number of nitrogens with zero attached hydrogens (tertiary/aromatic N) is 2. The summed E-state index contributed by atoms with van der Waals surface area (Å²) in [6.45, 7) is 2.82. The molecule has 0 aliphatic heterocycles. The van der Waals surface area contributed by atoms with Crippen LogP contribution in [0.15, 0.2) is 35.1 Å². The van der Waals surface area contributed by atoms with Crippen molar-refractivity contribution in [3.63, 3.8) is 0 Å². The van der Waals surface area contributed by atoms with E-state index in [0.717, 1.165) is 12.8 Å². The van der Waals surface area contributed by atoms with Crippen molar-refractivity contribution in [3.05, 3.63) is 46.4 Å². The molecular formula is C16H19N3O3. The first-order valence-electron chi connectivity index (χ1n) is 7.47.